The Morgan fingerprint density at radius 3 is 2.49 bits per heavy atom. The van der Waals surface area contributed by atoms with Gasteiger partial charge in [0.1, 0.15) is 6.33 Å². The van der Waals surface area contributed by atoms with Crippen molar-refractivity contribution in [1.82, 2.24) is 19.7 Å². The lowest BCUT2D eigenvalue weighted by atomic mass is 9.74. The number of carbonyl (C=O) groups excluding carboxylic acids is 1. The molecule has 0 radical (unpaired) electrons. The second-order valence-corrected chi connectivity index (χ2v) is 12.2. The van der Waals surface area contributed by atoms with Gasteiger partial charge in [-0.3, -0.25) is 9.69 Å². The lowest BCUT2D eigenvalue weighted by Gasteiger charge is -2.43. The molecule has 3 fully saturated rings. The van der Waals surface area contributed by atoms with Gasteiger partial charge in [-0.2, -0.15) is 13.2 Å². The number of aryl methyl sites for hydroxylation is 1. The third kappa shape index (κ3) is 4.19. The Morgan fingerprint density at radius 1 is 1.10 bits per heavy atom. The van der Waals surface area contributed by atoms with Gasteiger partial charge in [0, 0.05) is 30.9 Å². The zero-order chi connectivity index (χ0) is 28.7. The molecule has 0 N–H and O–H groups in total. The van der Waals surface area contributed by atoms with E-state index in [1.807, 2.05) is 6.92 Å². The summed E-state index contributed by atoms with van der Waals surface area (Å²) < 4.78 is 65.9. The Labute approximate surface area is 235 Å². The molecule has 1 spiro atoms. The Morgan fingerprint density at radius 2 is 1.88 bits per heavy atom. The van der Waals surface area contributed by atoms with Gasteiger partial charge in [0.2, 0.25) is 0 Å². The Hall–Kier alpha value is -3.31. The van der Waals surface area contributed by atoms with E-state index in [0.717, 1.165) is 19.5 Å². The predicted molar refractivity (Wildman–Crippen MR) is 142 cm³/mol. The maximum Gasteiger partial charge on any atom is 0.416 e. The highest BCUT2D eigenvalue weighted by Crippen LogP contribution is 2.54. The predicted octanol–water partition coefficient (Wildman–Crippen LogP) is 5.52. The number of halogens is 4. The van der Waals surface area contributed by atoms with Gasteiger partial charge < -0.3 is 14.2 Å². The molecular formula is C30H31F4N5O2. The summed E-state index contributed by atoms with van der Waals surface area (Å²) in [6.07, 6.45) is -1.28. The smallest absolute Gasteiger partial charge is 0.379 e. The van der Waals surface area contributed by atoms with Crippen molar-refractivity contribution in [3.05, 3.63) is 76.4 Å². The Kier molecular flexibility index (Phi) is 5.90. The largest absolute Gasteiger partial charge is 0.416 e. The van der Waals surface area contributed by atoms with E-state index in [1.54, 1.807) is 37.4 Å². The summed E-state index contributed by atoms with van der Waals surface area (Å²) >= 11 is 0. The molecule has 41 heavy (non-hydrogen) atoms. The number of alkyl halides is 4. The van der Waals surface area contributed by atoms with Crippen molar-refractivity contribution in [2.75, 3.05) is 31.2 Å². The first-order valence-corrected chi connectivity index (χ1v) is 14.0. The fraction of sp³-hybridized carbons (Fsp3) is 0.500. The number of carbonyl (C=O) groups is 1. The molecule has 11 heteroatoms. The normalized spacial score (nSPS) is 22.6. The number of likely N-dealkylation sites (tertiary alicyclic amines) is 1. The number of hydrogen-bond donors (Lipinski definition) is 0. The molecule has 3 aromatic rings. The number of hydrogen-bond acceptors (Lipinski definition) is 5. The number of anilines is 1. The van der Waals surface area contributed by atoms with Gasteiger partial charge in [0.15, 0.2) is 12.0 Å². The number of ether oxygens (including phenoxy) is 1. The van der Waals surface area contributed by atoms with Crippen molar-refractivity contribution in [2.24, 2.45) is 12.5 Å². The number of nitrogens with zero attached hydrogens (tertiary/aromatic N) is 5. The minimum atomic E-state index is -4.61. The quantitative estimate of drug-likeness (QED) is 0.366. The molecule has 7 rings (SSSR count). The molecule has 1 amide bonds. The maximum absolute atomic E-state index is 15.9. The molecule has 2 atom stereocenters. The van der Waals surface area contributed by atoms with E-state index in [0.29, 0.717) is 22.2 Å². The monoisotopic (exact) mass is 569 g/mol. The zero-order valence-electron chi connectivity index (χ0n) is 22.9. The van der Waals surface area contributed by atoms with Gasteiger partial charge in [-0.1, -0.05) is 12.1 Å². The van der Waals surface area contributed by atoms with Crippen LogP contribution in [0.3, 0.4) is 0 Å². The lowest BCUT2D eigenvalue weighted by Crippen LogP contribution is -2.50. The van der Waals surface area contributed by atoms with Crippen LogP contribution in [-0.4, -0.2) is 51.9 Å². The van der Waals surface area contributed by atoms with Gasteiger partial charge >= 0.3 is 6.18 Å². The van der Waals surface area contributed by atoms with E-state index >= 15 is 4.39 Å². The average Bonchev–Trinajstić information content (AvgIpc) is 3.19. The van der Waals surface area contributed by atoms with Gasteiger partial charge in [-0.15, -0.1) is 10.2 Å². The molecule has 2 saturated heterocycles. The van der Waals surface area contributed by atoms with Gasteiger partial charge in [0.25, 0.3) is 5.91 Å². The lowest BCUT2D eigenvalue weighted by molar-refractivity contribution is -0.138. The molecule has 2 aromatic carbocycles. The highest BCUT2D eigenvalue weighted by atomic mass is 19.4. The Balaban J connectivity index is 1.22. The molecule has 4 aliphatic rings. The number of benzene rings is 2. The minimum absolute atomic E-state index is 0.0203. The van der Waals surface area contributed by atoms with Crippen LogP contribution in [0.2, 0.25) is 0 Å². The third-order valence-electron chi connectivity index (χ3n) is 9.73. The van der Waals surface area contributed by atoms with Gasteiger partial charge in [-0.05, 0) is 79.1 Å². The van der Waals surface area contributed by atoms with E-state index in [2.05, 4.69) is 15.1 Å². The first kappa shape index (κ1) is 26.6. The van der Waals surface area contributed by atoms with Crippen molar-refractivity contribution >= 4 is 11.6 Å². The average molecular weight is 570 g/mol. The first-order chi connectivity index (χ1) is 19.5. The van der Waals surface area contributed by atoms with Crippen molar-refractivity contribution in [3.63, 3.8) is 0 Å². The van der Waals surface area contributed by atoms with Crippen LogP contribution in [0.25, 0.3) is 0 Å². The summed E-state index contributed by atoms with van der Waals surface area (Å²) in [7, 11) is 1.66. The van der Waals surface area contributed by atoms with E-state index in [-0.39, 0.29) is 42.8 Å². The fourth-order valence-electron chi connectivity index (χ4n) is 6.76. The van der Waals surface area contributed by atoms with Crippen LogP contribution in [0, 0.1) is 5.41 Å². The number of rotatable bonds is 6. The summed E-state index contributed by atoms with van der Waals surface area (Å²) in [6, 6.07) is 9.45. The van der Waals surface area contributed by atoms with E-state index in [9.17, 15) is 18.0 Å². The Bertz CT molecular complexity index is 1530. The molecular weight excluding hydrogens is 538 g/mol. The second kappa shape index (κ2) is 9.09. The van der Waals surface area contributed by atoms with Crippen LogP contribution >= 0.6 is 0 Å². The summed E-state index contributed by atoms with van der Waals surface area (Å²) in [5.41, 5.74) is 0.105. The van der Waals surface area contributed by atoms with E-state index in [1.165, 1.54) is 34.7 Å². The van der Waals surface area contributed by atoms with Crippen LogP contribution in [0.4, 0.5) is 23.2 Å². The second-order valence-electron chi connectivity index (χ2n) is 12.2. The van der Waals surface area contributed by atoms with Crippen molar-refractivity contribution in [2.45, 2.75) is 56.5 Å². The topological polar surface area (TPSA) is 63.5 Å². The molecule has 3 aliphatic heterocycles. The number of fused-ring (bicyclic) bond motifs is 1. The zero-order valence-corrected chi connectivity index (χ0v) is 22.9. The summed E-state index contributed by atoms with van der Waals surface area (Å²) in [5, 5.41) is 7.72. The molecule has 7 nitrogen and oxygen atoms in total. The van der Waals surface area contributed by atoms with E-state index in [4.69, 9.17) is 4.74 Å². The van der Waals surface area contributed by atoms with E-state index < -0.39 is 29.2 Å². The summed E-state index contributed by atoms with van der Waals surface area (Å²) in [5.74, 6) is -0.328. The molecule has 1 saturated carbocycles. The third-order valence-corrected chi connectivity index (χ3v) is 9.73. The molecule has 0 unspecified atom stereocenters. The standard InChI is InChI=1S/C30H31F4N5O2/c1-18(38-9-8-28(14-38)6-7-28)19-10-22-23(24(11-19)30(32,33)34)13-39(27(22)40)21-5-3-4-20(12-21)29(15-41-16-29)25(31)26-36-35-17-37(26)2/h3-5,10-12,17-18,25H,6-9,13-16H2,1-2H3/t18-,25+/m0/s1. The number of amides is 1. The molecule has 0 bridgehead atoms. The van der Waals surface area contributed by atoms with Crippen LogP contribution in [0.15, 0.2) is 42.7 Å². The van der Waals surface area contributed by atoms with Crippen LogP contribution < -0.4 is 4.90 Å². The van der Waals surface area contributed by atoms with Crippen LogP contribution in [0.1, 0.15) is 76.8 Å². The molecule has 1 aliphatic carbocycles. The minimum Gasteiger partial charge on any atom is -0.379 e. The summed E-state index contributed by atoms with van der Waals surface area (Å²) in [6.45, 7) is 3.66. The van der Waals surface area contributed by atoms with Gasteiger partial charge in [-0.25, -0.2) is 4.39 Å². The van der Waals surface area contributed by atoms with Crippen molar-refractivity contribution in [1.29, 1.82) is 0 Å². The number of aromatic nitrogens is 3. The molecule has 1 aromatic heterocycles. The van der Waals surface area contributed by atoms with Crippen molar-refractivity contribution < 1.29 is 27.1 Å². The maximum atomic E-state index is 15.9. The highest BCUT2D eigenvalue weighted by Gasteiger charge is 2.51. The van der Waals surface area contributed by atoms with Crippen LogP contribution in [0.5, 0.6) is 0 Å². The van der Waals surface area contributed by atoms with Gasteiger partial charge in [0.05, 0.1) is 30.7 Å². The fourth-order valence-corrected chi connectivity index (χ4v) is 6.76. The first-order valence-electron chi connectivity index (χ1n) is 14.0. The summed E-state index contributed by atoms with van der Waals surface area (Å²) in [4.78, 5) is 17.3. The highest BCUT2D eigenvalue weighted by molar-refractivity contribution is 6.10. The van der Waals surface area contributed by atoms with Crippen LogP contribution in [-0.2, 0) is 29.9 Å². The molecule has 216 valence electrons. The SMILES string of the molecule is C[C@@H](c1cc2c(c(C(F)(F)F)c1)CN(c1cccc(C3([C@H](F)c4nncn4C)COC3)c1)C2=O)N1CCC2(CC2)C1. The van der Waals surface area contributed by atoms with Crippen molar-refractivity contribution in [3.8, 4) is 0 Å². The molecule has 4 heterocycles.